The molecule has 4 rings (SSSR count). The summed E-state index contributed by atoms with van der Waals surface area (Å²) in [5.41, 5.74) is 5.53. The van der Waals surface area contributed by atoms with E-state index in [4.69, 9.17) is 0 Å². The number of aromatic nitrogens is 3. The monoisotopic (exact) mass is 472 g/mol. The molecule has 0 unspecified atom stereocenters. The molecule has 4 aromatic rings. The quantitative estimate of drug-likeness (QED) is 0.176. The second-order valence-electron chi connectivity index (χ2n) is 7.24. The van der Waals surface area contributed by atoms with Crippen LogP contribution in [0.25, 0.3) is 17.1 Å². The summed E-state index contributed by atoms with van der Waals surface area (Å²) < 4.78 is 1.91. The standard InChI is InChI=1S/C24H20N6O3S/c1-17-11-13-20(14-12-17)29-23(18-7-3-2-4-8-18)27-28-24(29)34-16-22(31)26-25-15-19-9-5-6-10-21(19)30(32)33/h2-15H,16H2,1H3,(H,26,31). The number of rotatable bonds is 8. The summed E-state index contributed by atoms with van der Waals surface area (Å²) in [6.45, 7) is 2.01. The van der Waals surface area contributed by atoms with Gasteiger partial charge in [0.2, 0.25) is 0 Å². The van der Waals surface area contributed by atoms with Gasteiger partial charge in [-0.1, -0.05) is 71.9 Å². The van der Waals surface area contributed by atoms with E-state index in [1.807, 2.05) is 66.1 Å². The molecule has 0 saturated carbocycles. The van der Waals surface area contributed by atoms with Crippen molar-refractivity contribution in [2.45, 2.75) is 12.1 Å². The van der Waals surface area contributed by atoms with Gasteiger partial charge in [-0.15, -0.1) is 10.2 Å². The fourth-order valence-electron chi connectivity index (χ4n) is 3.16. The van der Waals surface area contributed by atoms with Crippen molar-refractivity contribution in [3.63, 3.8) is 0 Å². The molecule has 0 atom stereocenters. The van der Waals surface area contributed by atoms with Crippen LogP contribution in [0.4, 0.5) is 5.69 Å². The first-order valence-electron chi connectivity index (χ1n) is 10.3. The Kier molecular flexibility index (Phi) is 7.09. The second kappa shape index (κ2) is 10.5. The zero-order valence-corrected chi connectivity index (χ0v) is 19.0. The van der Waals surface area contributed by atoms with E-state index >= 15 is 0 Å². The van der Waals surface area contributed by atoms with Crippen LogP contribution in [0, 0.1) is 17.0 Å². The molecule has 0 fully saturated rings. The lowest BCUT2D eigenvalue weighted by Crippen LogP contribution is -2.20. The van der Waals surface area contributed by atoms with Crippen molar-refractivity contribution in [2.24, 2.45) is 5.10 Å². The molecule has 3 aromatic carbocycles. The summed E-state index contributed by atoms with van der Waals surface area (Å²) in [7, 11) is 0. The maximum absolute atomic E-state index is 12.4. The minimum Gasteiger partial charge on any atom is -0.272 e. The van der Waals surface area contributed by atoms with Crippen LogP contribution in [0.15, 0.2) is 89.1 Å². The predicted molar refractivity (Wildman–Crippen MR) is 131 cm³/mol. The third-order valence-corrected chi connectivity index (χ3v) is 5.75. The number of carbonyl (C=O) groups is 1. The number of carbonyl (C=O) groups excluding carboxylic acids is 1. The summed E-state index contributed by atoms with van der Waals surface area (Å²) in [5.74, 6) is 0.328. The van der Waals surface area contributed by atoms with Crippen LogP contribution in [0.2, 0.25) is 0 Å². The predicted octanol–water partition coefficient (Wildman–Crippen LogP) is 4.39. The third kappa shape index (κ3) is 5.36. The van der Waals surface area contributed by atoms with Gasteiger partial charge in [-0.2, -0.15) is 5.10 Å². The largest absolute Gasteiger partial charge is 0.278 e. The Labute approximate surface area is 199 Å². The Hall–Kier alpha value is -4.31. The molecule has 0 radical (unpaired) electrons. The minimum absolute atomic E-state index is 0.0347. The lowest BCUT2D eigenvalue weighted by atomic mass is 10.2. The van der Waals surface area contributed by atoms with Gasteiger partial charge in [0, 0.05) is 17.3 Å². The molecule has 1 heterocycles. The summed E-state index contributed by atoms with van der Waals surface area (Å²) >= 11 is 1.22. The first-order chi connectivity index (χ1) is 16.5. The van der Waals surface area contributed by atoms with Gasteiger partial charge >= 0.3 is 0 Å². The summed E-state index contributed by atoms with van der Waals surface area (Å²) in [4.78, 5) is 22.9. The van der Waals surface area contributed by atoms with E-state index in [9.17, 15) is 14.9 Å². The van der Waals surface area contributed by atoms with E-state index in [-0.39, 0.29) is 17.3 Å². The molecule has 0 saturated heterocycles. The van der Waals surface area contributed by atoms with Gasteiger partial charge in [-0.25, -0.2) is 5.43 Å². The van der Waals surface area contributed by atoms with Crippen LogP contribution < -0.4 is 5.43 Å². The normalized spacial score (nSPS) is 11.0. The highest BCUT2D eigenvalue weighted by Crippen LogP contribution is 2.28. The maximum Gasteiger partial charge on any atom is 0.278 e. The molecule has 1 amide bonds. The number of hydrogen-bond acceptors (Lipinski definition) is 7. The number of amides is 1. The average molecular weight is 473 g/mol. The number of para-hydroxylation sites is 1. The van der Waals surface area contributed by atoms with E-state index in [0.29, 0.717) is 16.5 Å². The number of nitrogens with one attached hydrogen (secondary N) is 1. The summed E-state index contributed by atoms with van der Waals surface area (Å²) in [6, 6.07) is 23.8. The number of thioether (sulfide) groups is 1. The molecule has 0 bridgehead atoms. The van der Waals surface area contributed by atoms with Crippen molar-refractivity contribution >= 4 is 29.6 Å². The summed E-state index contributed by atoms with van der Waals surface area (Å²) in [5, 5.41) is 24.2. The van der Waals surface area contributed by atoms with Crippen molar-refractivity contribution in [2.75, 3.05) is 5.75 Å². The molecule has 0 spiro atoms. The van der Waals surface area contributed by atoms with Gasteiger partial charge in [0.25, 0.3) is 11.6 Å². The minimum atomic E-state index is -0.499. The first kappa shape index (κ1) is 22.9. The molecular weight excluding hydrogens is 452 g/mol. The van der Waals surface area contributed by atoms with Gasteiger partial charge in [0.05, 0.1) is 22.5 Å². The van der Waals surface area contributed by atoms with Gasteiger partial charge < -0.3 is 0 Å². The van der Waals surface area contributed by atoms with E-state index in [1.165, 1.54) is 24.0 Å². The van der Waals surface area contributed by atoms with E-state index < -0.39 is 4.92 Å². The highest BCUT2D eigenvalue weighted by Gasteiger charge is 2.17. The molecule has 9 nitrogen and oxygen atoms in total. The second-order valence-corrected chi connectivity index (χ2v) is 8.18. The topological polar surface area (TPSA) is 115 Å². The van der Waals surface area contributed by atoms with Gasteiger partial charge in [-0.3, -0.25) is 19.5 Å². The van der Waals surface area contributed by atoms with Crippen LogP contribution in [0.5, 0.6) is 0 Å². The fraction of sp³-hybridized carbons (Fsp3) is 0.0833. The fourth-order valence-corrected chi connectivity index (χ4v) is 3.91. The molecule has 1 aromatic heterocycles. The molecule has 0 aliphatic heterocycles. The molecule has 0 aliphatic rings. The lowest BCUT2D eigenvalue weighted by molar-refractivity contribution is -0.385. The van der Waals surface area contributed by atoms with Gasteiger partial charge in [0.15, 0.2) is 11.0 Å². The third-order valence-electron chi connectivity index (χ3n) is 4.82. The average Bonchev–Trinajstić information content (AvgIpc) is 3.28. The van der Waals surface area contributed by atoms with Crippen LogP contribution in [-0.4, -0.2) is 37.6 Å². The Morgan fingerprint density at radius 3 is 2.50 bits per heavy atom. The van der Waals surface area contributed by atoms with Crippen LogP contribution >= 0.6 is 11.8 Å². The molecule has 1 N–H and O–H groups in total. The van der Waals surface area contributed by atoms with E-state index in [2.05, 4.69) is 20.7 Å². The molecule has 34 heavy (non-hydrogen) atoms. The first-order valence-corrected chi connectivity index (χ1v) is 11.3. The number of aryl methyl sites for hydroxylation is 1. The van der Waals surface area contributed by atoms with Crippen molar-refractivity contribution in [3.05, 3.63) is 100 Å². The highest BCUT2D eigenvalue weighted by molar-refractivity contribution is 7.99. The van der Waals surface area contributed by atoms with Crippen molar-refractivity contribution in [1.29, 1.82) is 0 Å². The number of hydrazone groups is 1. The molecule has 10 heteroatoms. The molecular formula is C24H20N6O3S. The van der Waals surface area contributed by atoms with E-state index in [0.717, 1.165) is 16.8 Å². The highest BCUT2D eigenvalue weighted by atomic mass is 32.2. The lowest BCUT2D eigenvalue weighted by Gasteiger charge is -2.10. The zero-order chi connectivity index (χ0) is 23.9. The van der Waals surface area contributed by atoms with E-state index in [1.54, 1.807) is 18.2 Å². The smallest absolute Gasteiger partial charge is 0.272 e. The Bertz CT molecular complexity index is 1340. The maximum atomic E-state index is 12.4. The molecule has 0 aliphatic carbocycles. The molecule has 170 valence electrons. The number of nitro benzene ring substituents is 1. The Morgan fingerprint density at radius 1 is 1.06 bits per heavy atom. The zero-order valence-electron chi connectivity index (χ0n) is 18.2. The van der Waals surface area contributed by atoms with Gasteiger partial charge in [0.1, 0.15) is 0 Å². The number of benzene rings is 3. The van der Waals surface area contributed by atoms with Crippen molar-refractivity contribution in [3.8, 4) is 17.1 Å². The Morgan fingerprint density at radius 2 is 1.76 bits per heavy atom. The Balaban J connectivity index is 1.50. The van der Waals surface area contributed by atoms with Crippen molar-refractivity contribution < 1.29 is 9.72 Å². The number of hydrogen-bond donors (Lipinski definition) is 1. The number of nitro groups is 1. The van der Waals surface area contributed by atoms with Crippen LogP contribution in [0.3, 0.4) is 0 Å². The number of nitrogens with zero attached hydrogens (tertiary/aromatic N) is 5. The van der Waals surface area contributed by atoms with Crippen LogP contribution in [0.1, 0.15) is 11.1 Å². The summed E-state index contributed by atoms with van der Waals surface area (Å²) in [6.07, 6.45) is 1.25. The van der Waals surface area contributed by atoms with Crippen LogP contribution in [-0.2, 0) is 4.79 Å². The van der Waals surface area contributed by atoms with Crippen molar-refractivity contribution in [1.82, 2.24) is 20.2 Å². The van der Waals surface area contributed by atoms with Gasteiger partial charge in [-0.05, 0) is 25.1 Å². The SMILES string of the molecule is Cc1ccc(-n2c(SCC(=O)NN=Cc3ccccc3[N+](=O)[O-])nnc2-c2ccccc2)cc1.